The summed E-state index contributed by atoms with van der Waals surface area (Å²) < 4.78 is 1.09. The van der Waals surface area contributed by atoms with Crippen molar-refractivity contribution in [3.8, 4) is 0 Å². The smallest absolute Gasteiger partial charge is 0.278 e. The van der Waals surface area contributed by atoms with Crippen molar-refractivity contribution in [2.75, 3.05) is 20.6 Å². The van der Waals surface area contributed by atoms with Crippen molar-refractivity contribution in [2.24, 2.45) is 5.92 Å². The van der Waals surface area contributed by atoms with Crippen LogP contribution in [-0.2, 0) is 11.3 Å². The lowest BCUT2D eigenvalue weighted by Gasteiger charge is -2.28. The lowest BCUT2D eigenvalue weighted by Crippen LogP contribution is -2.44. The predicted molar refractivity (Wildman–Crippen MR) is 89.1 cm³/mol. The third kappa shape index (κ3) is 4.13. The van der Waals surface area contributed by atoms with Crippen LogP contribution < -0.4 is 10.9 Å². The number of aromatic nitrogens is 3. The number of nitrogens with zero attached hydrogens (tertiary/aromatic N) is 4. The molecule has 0 saturated carbocycles. The highest BCUT2D eigenvalue weighted by Crippen LogP contribution is 2.06. The fourth-order valence-corrected chi connectivity index (χ4v) is 2.55. The molecule has 0 aliphatic rings. The average molecular weight is 317 g/mol. The molecule has 23 heavy (non-hydrogen) atoms. The van der Waals surface area contributed by atoms with E-state index in [0.717, 1.165) is 4.68 Å². The van der Waals surface area contributed by atoms with Gasteiger partial charge in [-0.3, -0.25) is 9.59 Å². The van der Waals surface area contributed by atoms with Gasteiger partial charge in [-0.2, -0.15) is 0 Å². The highest BCUT2D eigenvalue weighted by molar-refractivity contribution is 5.78. The van der Waals surface area contributed by atoms with E-state index in [-0.39, 0.29) is 24.1 Å². The molecule has 0 fully saturated rings. The van der Waals surface area contributed by atoms with Crippen LogP contribution in [-0.4, -0.2) is 52.5 Å². The van der Waals surface area contributed by atoms with E-state index in [1.165, 1.54) is 0 Å². The molecule has 2 aromatic rings. The van der Waals surface area contributed by atoms with Gasteiger partial charge in [-0.25, -0.2) is 4.68 Å². The highest BCUT2D eigenvalue weighted by atomic mass is 16.2. The van der Waals surface area contributed by atoms with E-state index < -0.39 is 0 Å². The Labute approximate surface area is 135 Å². The molecule has 1 heterocycles. The predicted octanol–water partition coefficient (Wildman–Crippen LogP) is 0.494. The number of carbonyl (C=O) groups excluding carboxylic acids is 1. The zero-order valence-electron chi connectivity index (χ0n) is 14.0. The van der Waals surface area contributed by atoms with Gasteiger partial charge >= 0.3 is 0 Å². The second-order valence-corrected chi connectivity index (χ2v) is 6.15. The number of hydrogen-bond donors (Lipinski definition) is 1. The minimum Gasteiger partial charge on any atom is -0.353 e. The van der Waals surface area contributed by atoms with Crippen LogP contribution in [0.25, 0.3) is 10.9 Å². The van der Waals surface area contributed by atoms with Crippen molar-refractivity contribution in [3.05, 3.63) is 34.6 Å². The van der Waals surface area contributed by atoms with E-state index in [9.17, 15) is 9.59 Å². The second-order valence-electron chi connectivity index (χ2n) is 6.15. The molecule has 1 atom stereocenters. The maximum atomic E-state index is 12.3. The Bertz CT molecular complexity index is 731. The maximum Gasteiger partial charge on any atom is 0.278 e. The normalized spacial score (nSPS) is 12.8. The monoisotopic (exact) mass is 317 g/mol. The summed E-state index contributed by atoms with van der Waals surface area (Å²) in [5.74, 6) is 0.165. The van der Waals surface area contributed by atoms with Crippen LogP contribution in [0, 0.1) is 5.92 Å². The molecule has 0 aliphatic carbocycles. The van der Waals surface area contributed by atoms with Gasteiger partial charge in [-0.15, -0.1) is 5.10 Å². The van der Waals surface area contributed by atoms with E-state index in [2.05, 4.69) is 34.4 Å². The second kappa shape index (κ2) is 7.32. The van der Waals surface area contributed by atoms with Crippen molar-refractivity contribution >= 4 is 16.8 Å². The molecular weight excluding hydrogens is 294 g/mol. The number of likely N-dealkylation sites (N-methyl/N-ethyl adjacent to an activating group) is 1. The van der Waals surface area contributed by atoms with Gasteiger partial charge in [0.2, 0.25) is 5.91 Å². The van der Waals surface area contributed by atoms with Crippen LogP contribution in [0.5, 0.6) is 0 Å². The number of hydrogen-bond acceptors (Lipinski definition) is 5. The van der Waals surface area contributed by atoms with Gasteiger partial charge in [-0.05, 0) is 32.1 Å². The quantitative estimate of drug-likeness (QED) is 0.839. The number of fused-ring (bicyclic) bond motifs is 1. The molecule has 0 bridgehead atoms. The lowest BCUT2D eigenvalue weighted by molar-refractivity contribution is -0.122. The SMILES string of the molecule is CC(C)[C@H](CNC(=O)Cn1nnc2ccccc2c1=O)N(C)C. The largest absolute Gasteiger partial charge is 0.353 e. The first kappa shape index (κ1) is 17.1. The first-order valence-electron chi connectivity index (χ1n) is 7.66. The average Bonchev–Trinajstić information content (AvgIpc) is 2.50. The van der Waals surface area contributed by atoms with Gasteiger partial charge in [0, 0.05) is 12.6 Å². The van der Waals surface area contributed by atoms with Crippen molar-refractivity contribution in [2.45, 2.75) is 26.4 Å². The Balaban J connectivity index is 2.06. The van der Waals surface area contributed by atoms with Gasteiger partial charge in [-0.1, -0.05) is 31.2 Å². The molecule has 0 unspecified atom stereocenters. The fraction of sp³-hybridized carbons (Fsp3) is 0.500. The number of nitrogens with one attached hydrogen (secondary N) is 1. The van der Waals surface area contributed by atoms with Crippen molar-refractivity contribution < 1.29 is 4.79 Å². The minimum atomic E-state index is -0.307. The third-order valence-electron chi connectivity index (χ3n) is 3.86. The summed E-state index contributed by atoms with van der Waals surface area (Å²) in [4.78, 5) is 26.5. The molecular formula is C16H23N5O2. The number of benzene rings is 1. The number of carbonyl (C=O) groups is 1. The van der Waals surface area contributed by atoms with E-state index in [1.54, 1.807) is 24.3 Å². The summed E-state index contributed by atoms with van der Waals surface area (Å²) in [6, 6.07) is 7.19. The Morgan fingerprint density at radius 3 is 2.65 bits per heavy atom. The Hall–Kier alpha value is -2.28. The summed E-state index contributed by atoms with van der Waals surface area (Å²) in [5, 5.41) is 11.1. The van der Waals surface area contributed by atoms with Crippen molar-refractivity contribution in [3.63, 3.8) is 0 Å². The summed E-state index contributed by atoms with van der Waals surface area (Å²) >= 11 is 0. The molecule has 1 aromatic carbocycles. The van der Waals surface area contributed by atoms with Crippen LogP contribution in [0.2, 0.25) is 0 Å². The summed E-state index contributed by atoms with van der Waals surface area (Å²) in [7, 11) is 3.96. The van der Waals surface area contributed by atoms with E-state index in [1.807, 2.05) is 14.1 Å². The van der Waals surface area contributed by atoms with Crippen LogP contribution >= 0.6 is 0 Å². The Morgan fingerprint density at radius 1 is 1.30 bits per heavy atom. The highest BCUT2D eigenvalue weighted by Gasteiger charge is 2.17. The van der Waals surface area contributed by atoms with Gasteiger partial charge in [0.05, 0.1) is 5.39 Å². The number of amides is 1. The molecule has 0 radical (unpaired) electrons. The lowest BCUT2D eigenvalue weighted by atomic mass is 10.0. The van der Waals surface area contributed by atoms with Crippen LogP contribution in [0.4, 0.5) is 0 Å². The molecule has 1 amide bonds. The molecule has 0 aliphatic heterocycles. The standard InChI is InChI=1S/C16H23N5O2/c1-11(2)14(20(3)4)9-17-15(22)10-21-16(23)12-7-5-6-8-13(12)18-19-21/h5-8,11,14H,9-10H2,1-4H3,(H,17,22)/t14-/m0/s1. The fourth-order valence-electron chi connectivity index (χ4n) is 2.55. The summed E-state index contributed by atoms with van der Waals surface area (Å²) in [5.41, 5.74) is 0.223. The van der Waals surface area contributed by atoms with Crippen molar-refractivity contribution in [1.82, 2.24) is 25.2 Å². The molecule has 0 saturated heterocycles. The summed E-state index contributed by atoms with van der Waals surface area (Å²) in [6.45, 7) is 4.61. The molecule has 124 valence electrons. The zero-order valence-corrected chi connectivity index (χ0v) is 14.0. The first-order chi connectivity index (χ1) is 10.9. The number of rotatable bonds is 6. The molecule has 7 heteroatoms. The summed E-state index contributed by atoms with van der Waals surface area (Å²) in [6.07, 6.45) is 0. The van der Waals surface area contributed by atoms with Gasteiger partial charge < -0.3 is 10.2 Å². The van der Waals surface area contributed by atoms with E-state index in [4.69, 9.17) is 0 Å². The Morgan fingerprint density at radius 2 is 2.00 bits per heavy atom. The third-order valence-corrected chi connectivity index (χ3v) is 3.86. The van der Waals surface area contributed by atoms with Crippen LogP contribution in [0.1, 0.15) is 13.8 Å². The van der Waals surface area contributed by atoms with Gasteiger partial charge in [0.25, 0.3) is 5.56 Å². The zero-order chi connectivity index (χ0) is 17.0. The molecule has 2 rings (SSSR count). The first-order valence-corrected chi connectivity index (χ1v) is 7.66. The topological polar surface area (TPSA) is 80.1 Å². The van der Waals surface area contributed by atoms with Crippen LogP contribution in [0.15, 0.2) is 29.1 Å². The van der Waals surface area contributed by atoms with Gasteiger partial charge in [0.1, 0.15) is 12.1 Å². The molecule has 1 N–H and O–H groups in total. The van der Waals surface area contributed by atoms with E-state index in [0.29, 0.717) is 23.4 Å². The van der Waals surface area contributed by atoms with E-state index >= 15 is 0 Å². The van der Waals surface area contributed by atoms with Crippen molar-refractivity contribution in [1.29, 1.82) is 0 Å². The minimum absolute atomic E-state index is 0.130. The maximum absolute atomic E-state index is 12.3. The molecule has 7 nitrogen and oxygen atoms in total. The Kier molecular flexibility index (Phi) is 5.44. The molecule has 1 aromatic heterocycles. The van der Waals surface area contributed by atoms with Crippen LogP contribution in [0.3, 0.4) is 0 Å². The van der Waals surface area contributed by atoms with Gasteiger partial charge in [0.15, 0.2) is 0 Å². The molecule has 0 spiro atoms.